The molecule has 0 bridgehead atoms. The number of hydrogen-bond acceptors (Lipinski definition) is 5. The lowest BCUT2D eigenvalue weighted by Gasteiger charge is -2.27. The Morgan fingerprint density at radius 3 is 2.38 bits per heavy atom. The minimum absolute atomic E-state index is 0.0231. The van der Waals surface area contributed by atoms with E-state index in [9.17, 15) is 14.4 Å². The molecule has 150 valence electrons. The molecule has 8 heteroatoms. The van der Waals surface area contributed by atoms with E-state index in [1.165, 1.54) is 5.01 Å². The molecule has 3 rings (SSSR count). The summed E-state index contributed by atoms with van der Waals surface area (Å²) in [6.07, 6.45) is 0. The van der Waals surface area contributed by atoms with Crippen LogP contribution in [0.25, 0.3) is 0 Å². The fraction of sp³-hybridized carbons (Fsp3) is 0.238. The van der Waals surface area contributed by atoms with Crippen molar-refractivity contribution in [1.29, 1.82) is 0 Å². The number of nitrogens with one attached hydrogen (secondary N) is 3. The summed E-state index contributed by atoms with van der Waals surface area (Å²) in [6, 6.07) is 13.0. The molecule has 0 atom stereocenters. The summed E-state index contributed by atoms with van der Waals surface area (Å²) in [6.45, 7) is 5.38. The Bertz CT molecular complexity index is 962. The summed E-state index contributed by atoms with van der Waals surface area (Å²) in [7, 11) is 0. The Balaban J connectivity index is 1.59. The third kappa shape index (κ3) is 4.78. The molecule has 0 fully saturated rings. The van der Waals surface area contributed by atoms with Crippen LogP contribution in [0.1, 0.15) is 16.7 Å². The molecule has 29 heavy (non-hydrogen) atoms. The minimum Gasteiger partial charge on any atom is -0.340 e. The van der Waals surface area contributed by atoms with Crippen LogP contribution in [0.3, 0.4) is 0 Å². The topological polar surface area (TPSA) is 103 Å². The highest BCUT2D eigenvalue weighted by molar-refractivity contribution is 6.39. The summed E-state index contributed by atoms with van der Waals surface area (Å²) >= 11 is 0. The SMILES string of the molecule is Cc1ccc(N2NC(C(=O)NCC(=O)Nc3c(C)cccc3C)=NCC2=O)cc1. The van der Waals surface area contributed by atoms with Gasteiger partial charge in [0.25, 0.3) is 11.8 Å². The molecule has 0 aliphatic carbocycles. The van der Waals surface area contributed by atoms with Gasteiger partial charge in [-0.3, -0.25) is 24.8 Å². The first-order valence-corrected chi connectivity index (χ1v) is 9.20. The zero-order valence-electron chi connectivity index (χ0n) is 16.6. The van der Waals surface area contributed by atoms with Crippen molar-refractivity contribution in [2.45, 2.75) is 20.8 Å². The Kier molecular flexibility index (Phi) is 5.92. The summed E-state index contributed by atoms with van der Waals surface area (Å²) < 4.78 is 0. The molecular formula is C21H23N5O3. The van der Waals surface area contributed by atoms with Crippen LogP contribution in [0.2, 0.25) is 0 Å². The van der Waals surface area contributed by atoms with Crippen LogP contribution in [0.4, 0.5) is 11.4 Å². The standard InChI is InChI=1S/C21H23N5O3/c1-13-7-9-16(10-8-13)26-18(28)12-22-20(25-26)21(29)23-11-17(27)24-19-14(2)5-4-6-15(19)3/h4-10H,11-12H2,1-3H3,(H,22,25)(H,23,29)(H,24,27). The maximum absolute atomic E-state index is 12.4. The van der Waals surface area contributed by atoms with Crippen molar-refractivity contribution in [2.24, 2.45) is 4.99 Å². The minimum atomic E-state index is -0.564. The highest BCUT2D eigenvalue weighted by Crippen LogP contribution is 2.19. The quantitative estimate of drug-likeness (QED) is 0.718. The van der Waals surface area contributed by atoms with Gasteiger partial charge in [-0.2, -0.15) is 0 Å². The molecular weight excluding hydrogens is 370 g/mol. The molecule has 1 heterocycles. The van der Waals surface area contributed by atoms with Crippen LogP contribution in [0.15, 0.2) is 47.5 Å². The van der Waals surface area contributed by atoms with E-state index >= 15 is 0 Å². The molecule has 0 spiro atoms. The molecule has 0 unspecified atom stereocenters. The van der Waals surface area contributed by atoms with Gasteiger partial charge < -0.3 is 10.6 Å². The molecule has 1 aliphatic heterocycles. The summed E-state index contributed by atoms with van der Waals surface area (Å²) in [4.78, 5) is 40.7. The van der Waals surface area contributed by atoms with Crippen molar-refractivity contribution in [3.05, 3.63) is 59.2 Å². The molecule has 3 N–H and O–H groups in total. The van der Waals surface area contributed by atoms with Crippen molar-refractivity contribution in [1.82, 2.24) is 10.7 Å². The maximum Gasteiger partial charge on any atom is 0.288 e. The van der Waals surface area contributed by atoms with E-state index in [-0.39, 0.29) is 30.7 Å². The van der Waals surface area contributed by atoms with Crippen LogP contribution in [-0.2, 0) is 14.4 Å². The van der Waals surface area contributed by atoms with Crippen molar-refractivity contribution in [3.8, 4) is 0 Å². The van der Waals surface area contributed by atoms with E-state index in [1.807, 2.05) is 51.1 Å². The summed E-state index contributed by atoms with van der Waals surface area (Å²) in [5.74, 6) is -1.21. The lowest BCUT2D eigenvalue weighted by atomic mass is 10.1. The number of amidine groups is 1. The monoisotopic (exact) mass is 393 g/mol. The highest BCUT2D eigenvalue weighted by Gasteiger charge is 2.25. The van der Waals surface area contributed by atoms with E-state index in [2.05, 4.69) is 21.1 Å². The molecule has 3 amide bonds. The van der Waals surface area contributed by atoms with Crippen LogP contribution < -0.4 is 21.1 Å². The molecule has 2 aromatic rings. The number of amides is 3. The average molecular weight is 393 g/mol. The van der Waals surface area contributed by atoms with E-state index in [0.717, 1.165) is 22.4 Å². The van der Waals surface area contributed by atoms with Crippen molar-refractivity contribution in [2.75, 3.05) is 23.4 Å². The predicted octanol–water partition coefficient (Wildman–Crippen LogP) is 1.62. The number of para-hydroxylation sites is 1. The Hall–Kier alpha value is -3.68. The second-order valence-corrected chi connectivity index (χ2v) is 6.84. The van der Waals surface area contributed by atoms with Gasteiger partial charge in [0.1, 0.15) is 6.54 Å². The van der Waals surface area contributed by atoms with Gasteiger partial charge in [0.05, 0.1) is 12.2 Å². The zero-order chi connectivity index (χ0) is 21.0. The fourth-order valence-corrected chi connectivity index (χ4v) is 2.89. The van der Waals surface area contributed by atoms with Crippen LogP contribution >= 0.6 is 0 Å². The van der Waals surface area contributed by atoms with Crippen LogP contribution in [0.5, 0.6) is 0 Å². The third-order valence-corrected chi connectivity index (χ3v) is 4.50. The van der Waals surface area contributed by atoms with Crippen LogP contribution in [-0.4, -0.2) is 36.6 Å². The van der Waals surface area contributed by atoms with Gasteiger partial charge in [0, 0.05) is 5.69 Å². The lowest BCUT2D eigenvalue weighted by Crippen LogP contribution is -2.56. The van der Waals surface area contributed by atoms with Gasteiger partial charge in [-0.1, -0.05) is 35.9 Å². The molecule has 8 nitrogen and oxygen atoms in total. The Morgan fingerprint density at radius 2 is 1.72 bits per heavy atom. The lowest BCUT2D eigenvalue weighted by molar-refractivity contribution is -0.120. The molecule has 0 aromatic heterocycles. The Morgan fingerprint density at radius 1 is 1.07 bits per heavy atom. The maximum atomic E-state index is 12.4. The highest BCUT2D eigenvalue weighted by atomic mass is 16.2. The smallest absolute Gasteiger partial charge is 0.288 e. The number of anilines is 2. The van der Waals surface area contributed by atoms with Gasteiger partial charge in [-0.25, -0.2) is 5.01 Å². The predicted molar refractivity (Wildman–Crippen MR) is 112 cm³/mol. The van der Waals surface area contributed by atoms with Gasteiger partial charge in [-0.15, -0.1) is 0 Å². The number of hydrazine groups is 1. The van der Waals surface area contributed by atoms with Crippen molar-refractivity contribution >= 4 is 34.9 Å². The zero-order valence-corrected chi connectivity index (χ0v) is 16.6. The number of aliphatic imine (C=N–C) groups is 1. The van der Waals surface area contributed by atoms with Gasteiger partial charge in [-0.05, 0) is 44.0 Å². The van der Waals surface area contributed by atoms with E-state index in [4.69, 9.17) is 0 Å². The van der Waals surface area contributed by atoms with Crippen molar-refractivity contribution < 1.29 is 14.4 Å². The number of nitrogens with zero attached hydrogens (tertiary/aromatic N) is 2. The third-order valence-electron chi connectivity index (χ3n) is 4.50. The number of carbonyl (C=O) groups is 3. The second-order valence-electron chi connectivity index (χ2n) is 6.84. The second kappa shape index (κ2) is 8.55. The Labute approximate surface area is 169 Å². The molecule has 0 saturated carbocycles. The van der Waals surface area contributed by atoms with Gasteiger partial charge >= 0.3 is 0 Å². The molecule has 2 aromatic carbocycles. The number of carbonyl (C=O) groups excluding carboxylic acids is 3. The van der Waals surface area contributed by atoms with Gasteiger partial charge in [0.15, 0.2) is 0 Å². The molecule has 1 aliphatic rings. The van der Waals surface area contributed by atoms with E-state index < -0.39 is 5.91 Å². The molecule has 0 radical (unpaired) electrons. The first kappa shape index (κ1) is 20.1. The number of hydrogen-bond donors (Lipinski definition) is 3. The number of benzene rings is 2. The molecule has 0 saturated heterocycles. The number of aryl methyl sites for hydroxylation is 3. The van der Waals surface area contributed by atoms with E-state index in [0.29, 0.717) is 5.69 Å². The largest absolute Gasteiger partial charge is 0.340 e. The van der Waals surface area contributed by atoms with E-state index in [1.54, 1.807) is 12.1 Å². The first-order valence-electron chi connectivity index (χ1n) is 9.20. The fourth-order valence-electron chi connectivity index (χ4n) is 2.89. The van der Waals surface area contributed by atoms with Crippen LogP contribution in [0, 0.1) is 20.8 Å². The van der Waals surface area contributed by atoms with Gasteiger partial charge in [0.2, 0.25) is 11.7 Å². The normalized spacial score (nSPS) is 13.4. The summed E-state index contributed by atoms with van der Waals surface area (Å²) in [5.41, 5.74) is 6.99. The number of rotatable bonds is 5. The average Bonchev–Trinajstić information content (AvgIpc) is 2.70. The first-order chi connectivity index (χ1) is 13.8. The summed E-state index contributed by atoms with van der Waals surface area (Å²) in [5, 5.41) is 6.61. The van der Waals surface area contributed by atoms with Crippen molar-refractivity contribution in [3.63, 3.8) is 0 Å².